The first-order valence-corrected chi connectivity index (χ1v) is 11.9. The summed E-state index contributed by atoms with van der Waals surface area (Å²) in [5.41, 5.74) is 1.27. The highest BCUT2D eigenvalue weighted by Crippen LogP contribution is 2.17. The van der Waals surface area contributed by atoms with Crippen LogP contribution in [0.25, 0.3) is 0 Å². The minimum atomic E-state index is -0.649. The second-order valence-corrected chi connectivity index (χ2v) is 7.45. The predicted molar refractivity (Wildman–Crippen MR) is 133 cm³/mol. The number of ether oxygens (including phenoxy) is 3. The highest BCUT2D eigenvalue weighted by molar-refractivity contribution is 6.03. The van der Waals surface area contributed by atoms with E-state index < -0.39 is 23.8 Å². The quantitative estimate of drug-likeness (QED) is 0.175. The van der Waals surface area contributed by atoms with E-state index in [0.717, 1.165) is 31.2 Å². The summed E-state index contributed by atoms with van der Waals surface area (Å²) in [5.74, 6) is -0.385. The van der Waals surface area contributed by atoms with E-state index in [2.05, 4.69) is 0 Å². The van der Waals surface area contributed by atoms with Crippen molar-refractivity contribution in [1.29, 1.82) is 0 Å². The summed E-state index contributed by atoms with van der Waals surface area (Å²) in [4.78, 5) is 45.7. The van der Waals surface area contributed by atoms with E-state index in [4.69, 9.17) is 14.2 Å². The van der Waals surface area contributed by atoms with Gasteiger partial charge in [-0.3, -0.25) is 4.79 Å². The number of carbonyl (C=O) groups is 3. The van der Waals surface area contributed by atoms with Crippen molar-refractivity contribution in [3.05, 3.63) is 77.4 Å². The van der Waals surface area contributed by atoms with Gasteiger partial charge in [-0.1, -0.05) is 69.2 Å². The topological polar surface area (TPSA) is 96.0 Å². The molecule has 2 rings (SSSR count). The normalized spacial score (nSPS) is 10.6. The Morgan fingerprint density at radius 2 is 1.26 bits per heavy atom. The van der Waals surface area contributed by atoms with Crippen LogP contribution in [-0.4, -0.2) is 43.7 Å². The highest BCUT2D eigenvalue weighted by atomic mass is 16.5. The highest BCUT2D eigenvalue weighted by Gasteiger charge is 2.19. The molecule has 0 radical (unpaired) electrons. The number of rotatable bonds is 12. The Morgan fingerprint density at radius 1 is 0.771 bits per heavy atom. The average Bonchev–Trinajstić information content (AvgIpc) is 2.88. The Balaban J connectivity index is 0.000000365. The van der Waals surface area contributed by atoms with E-state index in [1.165, 1.54) is 6.08 Å². The Bertz CT molecular complexity index is 921. The van der Waals surface area contributed by atoms with Crippen LogP contribution in [0, 0.1) is 0 Å². The summed E-state index contributed by atoms with van der Waals surface area (Å²) in [5, 5.41) is 0. The van der Waals surface area contributed by atoms with Crippen LogP contribution in [0.3, 0.4) is 0 Å². The summed E-state index contributed by atoms with van der Waals surface area (Å²) in [6.07, 6.45) is 4.71. The molecule has 0 aliphatic rings. The molecule has 7 nitrogen and oxygen atoms in total. The third-order valence-electron chi connectivity index (χ3n) is 4.76. The molecule has 0 saturated carbocycles. The first-order valence-electron chi connectivity index (χ1n) is 11.9. The molecule has 35 heavy (non-hydrogen) atoms. The Labute approximate surface area is 207 Å². The van der Waals surface area contributed by atoms with Gasteiger partial charge in [-0.25, -0.2) is 14.4 Å². The van der Waals surface area contributed by atoms with Gasteiger partial charge >= 0.3 is 17.9 Å². The largest absolute Gasteiger partial charge is 0.465 e. The number of hydrogen-bond donors (Lipinski definition) is 0. The Hall–Kier alpha value is -3.70. The predicted octanol–water partition coefficient (Wildman–Crippen LogP) is 5.32. The third-order valence-corrected chi connectivity index (χ3v) is 4.76. The van der Waals surface area contributed by atoms with Crippen LogP contribution in [0.1, 0.15) is 78.7 Å². The van der Waals surface area contributed by atoms with Crippen LogP contribution in [0.15, 0.2) is 60.7 Å². The molecular formula is C28H34O7. The number of hydrogen-bond acceptors (Lipinski definition) is 7. The van der Waals surface area contributed by atoms with Crippen molar-refractivity contribution < 1.29 is 33.4 Å². The lowest BCUT2D eigenvalue weighted by Gasteiger charge is -2.10. The standard InChI is InChI=1S/C16H22O4.C12H12O3/c1-3-5-11-19-15(17)13-9-7-8-10-14(13)16(18)20-12-6-4-2;1-2-15-12(14)11(8-9-13)10-6-4-3-5-7-10/h7-10H,3-6,11-12H2,1-2H3;3-8,11H,2H2,1H3. The SMILES string of the molecule is CCCCOC(=O)c1ccccc1C(=O)OCCCC.CCOC(=O)C(C=C=O)c1ccccc1. The molecule has 0 saturated heterocycles. The lowest BCUT2D eigenvalue weighted by atomic mass is 10.00. The van der Waals surface area contributed by atoms with E-state index in [-0.39, 0.29) is 11.1 Å². The van der Waals surface area contributed by atoms with Crippen molar-refractivity contribution in [2.45, 2.75) is 52.4 Å². The molecule has 0 spiro atoms. The molecule has 0 aliphatic heterocycles. The summed E-state index contributed by atoms with van der Waals surface area (Å²) < 4.78 is 15.1. The molecule has 2 aromatic carbocycles. The van der Waals surface area contributed by atoms with Gasteiger partial charge in [0.2, 0.25) is 0 Å². The molecular weight excluding hydrogens is 448 g/mol. The fraction of sp³-hybridized carbons (Fsp3) is 0.393. The molecule has 0 fully saturated rings. The zero-order valence-corrected chi connectivity index (χ0v) is 20.7. The number of benzene rings is 2. The van der Waals surface area contributed by atoms with Crippen molar-refractivity contribution in [1.82, 2.24) is 0 Å². The van der Waals surface area contributed by atoms with Gasteiger partial charge in [-0.15, -0.1) is 0 Å². The minimum absolute atomic E-state index is 0.269. The molecule has 1 atom stereocenters. The van der Waals surface area contributed by atoms with Crippen LogP contribution < -0.4 is 0 Å². The van der Waals surface area contributed by atoms with Crippen molar-refractivity contribution in [3.8, 4) is 0 Å². The summed E-state index contributed by atoms with van der Waals surface area (Å²) in [6.45, 7) is 6.81. The fourth-order valence-electron chi connectivity index (χ4n) is 2.87. The average molecular weight is 483 g/mol. The maximum absolute atomic E-state index is 11.9. The third kappa shape index (κ3) is 10.8. The van der Waals surface area contributed by atoms with Gasteiger partial charge in [0.25, 0.3) is 0 Å². The maximum Gasteiger partial charge on any atom is 0.339 e. The van der Waals surface area contributed by atoms with Gasteiger partial charge in [0.05, 0.1) is 30.9 Å². The zero-order chi connectivity index (χ0) is 25.9. The Kier molecular flexibility index (Phi) is 14.9. The minimum Gasteiger partial charge on any atom is -0.465 e. The smallest absolute Gasteiger partial charge is 0.339 e. The molecule has 7 heteroatoms. The first kappa shape index (κ1) is 29.3. The summed E-state index contributed by atoms with van der Waals surface area (Å²) in [6, 6.07) is 15.6. The fourth-order valence-corrected chi connectivity index (χ4v) is 2.87. The molecule has 0 bridgehead atoms. The van der Waals surface area contributed by atoms with Gasteiger partial charge in [-0.05, 0) is 37.5 Å². The summed E-state index contributed by atoms with van der Waals surface area (Å²) in [7, 11) is 0. The summed E-state index contributed by atoms with van der Waals surface area (Å²) >= 11 is 0. The van der Waals surface area contributed by atoms with Gasteiger partial charge in [0.1, 0.15) is 11.9 Å². The van der Waals surface area contributed by atoms with Crippen LogP contribution in [0.2, 0.25) is 0 Å². The molecule has 2 aromatic rings. The van der Waals surface area contributed by atoms with Crippen LogP contribution in [-0.2, 0) is 23.8 Å². The van der Waals surface area contributed by atoms with Crippen LogP contribution in [0.4, 0.5) is 0 Å². The van der Waals surface area contributed by atoms with Gasteiger partial charge in [0.15, 0.2) is 0 Å². The van der Waals surface area contributed by atoms with Gasteiger partial charge < -0.3 is 14.2 Å². The van der Waals surface area contributed by atoms with Crippen LogP contribution >= 0.6 is 0 Å². The van der Waals surface area contributed by atoms with E-state index in [0.29, 0.717) is 19.8 Å². The van der Waals surface area contributed by atoms with Crippen molar-refractivity contribution >= 4 is 23.8 Å². The molecule has 0 amide bonds. The van der Waals surface area contributed by atoms with Gasteiger partial charge in [0, 0.05) is 6.08 Å². The van der Waals surface area contributed by atoms with Gasteiger partial charge in [-0.2, -0.15) is 0 Å². The number of unbranched alkanes of at least 4 members (excludes halogenated alkanes) is 2. The molecule has 0 heterocycles. The molecule has 1 unspecified atom stereocenters. The molecule has 0 aromatic heterocycles. The van der Waals surface area contributed by atoms with Crippen molar-refractivity contribution in [2.75, 3.05) is 19.8 Å². The lowest BCUT2D eigenvalue weighted by molar-refractivity contribution is -0.143. The van der Waals surface area contributed by atoms with Crippen molar-refractivity contribution in [3.63, 3.8) is 0 Å². The van der Waals surface area contributed by atoms with E-state index in [9.17, 15) is 19.2 Å². The Morgan fingerprint density at radius 3 is 1.69 bits per heavy atom. The van der Waals surface area contributed by atoms with Crippen LogP contribution in [0.5, 0.6) is 0 Å². The lowest BCUT2D eigenvalue weighted by Crippen LogP contribution is -2.14. The number of esters is 3. The first-order chi connectivity index (χ1) is 17.0. The van der Waals surface area contributed by atoms with Crippen molar-refractivity contribution in [2.24, 2.45) is 0 Å². The molecule has 0 N–H and O–H groups in total. The molecule has 188 valence electrons. The second kappa shape index (κ2) is 17.7. The number of carbonyl (C=O) groups excluding carboxylic acids is 4. The monoisotopic (exact) mass is 482 g/mol. The van der Waals surface area contributed by atoms with E-state index in [1.54, 1.807) is 61.4 Å². The van der Waals surface area contributed by atoms with E-state index >= 15 is 0 Å². The second-order valence-electron chi connectivity index (χ2n) is 7.45. The zero-order valence-electron chi connectivity index (χ0n) is 20.7. The maximum atomic E-state index is 11.9. The molecule has 0 aliphatic carbocycles. The van der Waals surface area contributed by atoms with E-state index in [1.807, 2.05) is 19.9 Å².